The van der Waals surface area contributed by atoms with Gasteiger partial charge in [0.2, 0.25) is 0 Å². The van der Waals surface area contributed by atoms with Gasteiger partial charge in [-0.15, -0.1) is 0 Å². The van der Waals surface area contributed by atoms with Crippen molar-refractivity contribution in [3.63, 3.8) is 0 Å². The van der Waals surface area contributed by atoms with Gasteiger partial charge in [0.05, 0.1) is 6.10 Å². The Balaban J connectivity index is 2.21. The van der Waals surface area contributed by atoms with E-state index < -0.39 is 8.32 Å². The van der Waals surface area contributed by atoms with E-state index in [0.717, 1.165) is 38.5 Å². The molecule has 2 nitrogen and oxygen atoms in total. The van der Waals surface area contributed by atoms with Gasteiger partial charge in [-0.05, 0) is 73.1 Å². The lowest BCUT2D eigenvalue weighted by molar-refractivity contribution is -0.131. The summed E-state index contributed by atoms with van der Waals surface area (Å²) < 4.78 is 6.86. The molecule has 3 heteroatoms. The molecule has 0 heterocycles. The van der Waals surface area contributed by atoms with Crippen LogP contribution >= 0.6 is 0 Å². The molecule has 0 N–H and O–H groups in total. The molecule has 28 heavy (non-hydrogen) atoms. The van der Waals surface area contributed by atoms with Gasteiger partial charge >= 0.3 is 0 Å². The summed E-state index contributed by atoms with van der Waals surface area (Å²) in [6.07, 6.45) is 7.44. The normalized spacial score (nSPS) is 35.1. The van der Waals surface area contributed by atoms with Crippen molar-refractivity contribution >= 4 is 14.1 Å². The predicted octanol–water partition coefficient (Wildman–Crippen LogP) is 7.54. The van der Waals surface area contributed by atoms with Crippen LogP contribution in [0.3, 0.4) is 0 Å². The fourth-order valence-corrected chi connectivity index (χ4v) is 6.59. The van der Waals surface area contributed by atoms with Crippen molar-refractivity contribution in [3.8, 4) is 0 Å². The Morgan fingerprint density at radius 3 is 2.29 bits per heavy atom. The van der Waals surface area contributed by atoms with Gasteiger partial charge in [-0.25, -0.2) is 0 Å². The lowest BCUT2D eigenvalue weighted by Crippen LogP contribution is -2.44. The number of carbonyl (C=O) groups is 1. The van der Waals surface area contributed by atoms with Crippen molar-refractivity contribution in [1.29, 1.82) is 0 Å². The number of carbonyl (C=O) groups excluding carboxylic acids is 1. The minimum atomic E-state index is -1.83. The van der Waals surface area contributed by atoms with Crippen molar-refractivity contribution in [2.24, 2.45) is 22.7 Å². The van der Waals surface area contributed by atoms with Crippen LogP contribution in [0.5, 0.6) is 0 Å². The summed E-state index contributed by atoms with van der Waals surface area (Å²) in [6, 6.07) is 0. The van der Waals surface area contributed by atoms with E-state index in [1.807, 2.05) is 0 Å². The number of hydrogen-bond donors (Lipinski definition) is 0. The smallest absolute Gasteiger partial charge is 0.192 e. The largest absolute Gasteiger partial charge is 0.410 e. The van der Waals surface area contributed by atoms with E-state index in [2.05, 4.69) is 68.1 Å². The predicted molar refractivity (Wildman–Crippen MR) is 123 cm³/mol. The van der Waals surface area contributed by atoms with Crippen LogP contribution in [0.4, 0.5) is 0 Å². The highest BCUT2D eigenvalue weighted by Crippen LogP contribution is 2.56. The molecule has 4 atom stereocenters. The Bertz CT molecular complexity index is 600. The molecule has 0 aliphatic heterocycles. The molecule has 2 fully saturated rings. The number of ketones is 1. The lowest BCUT2D eigenvalue weighted by Gasteiger charge is -2.41. The van der Waals surface area contributed by atoms with E-state index >= 15 is 0 Å². The Labute approximate surface area is 176 Å². The zero-order valence-electron chi connectivity index (χ0n) is 20.2. The molecule has 0 unspecified atom stereocenters. The average molecular weight is 407 g/mol. The molecule has 2 saturated carbocycles. The molecule has 0 bridgehead atoms. The standard InChI is InChI=1S/C25H46O2Si/c1-18(2)20-17-21(27-28(9,10)23(4,5)6)19(3)25(20,8)16-15-24(7)14-12-11-13-22(24)26/h18,20-21H,3,11-17H2,1-2,4-10H3/t20-,21-,24+,25+/m1/s1. The first-order valence-corrected chi connectivity index (χ1v) is 14.5. The lowest BCUT2D eigenvalue weighted by atomic mass is 9.64. The van der Waals surface area contributed by atoms with Gasteiger partial charge in [0, 0.05) is 11.8 Å². The first-order chi connectivity index (χ1) is 12.6. The van der Waals surface area contributed by atoms with Crippen molar-refractivity contribution in [2.75, 3.05) is 0 Å². The topological polar surface area (TPSA) is 26.3 Å². The monoisotopic (exact) mass is 406 g/mol. The molecule has 2 aliphatic rings. The van der Waals surface area contributed by atoms with Gasteiger partial charge in [-0.1, -0.05) is 61.5 Å². The van der Waals surface area contributed by atoms with Crippen LogP contribution in [0.2, 0.25) is 18.1 Å². The molecule has 2 rings (SSSR count). The molecule has 0 amide bonds. The maximum Gasteiger partial charge on any atom is 0.192 e. The summed E-state index contributed by atoms with van der Waals surface area (Å²) in [7, 11) is -1.83. The molecule has 162 valence electrons. The minimum absolute atomic E-state index is 0.0714. The third-order valence-electron chi connectivity index (χ3n) is 8.71. The summed E-state index contributed by atoms with van der Waals surface area (Å²) in [5, 5.41) is 0.210. The highest BCUT2D eigenvalue weighted by atomic mass is 28.4. The second kappa shape index (κ2) is 8.02. The second-order valence-electron chi connectivity index (χ2n) is 12.1. The molecular weight excluding hydrogens is 360 g/mol. The SMILES string of the molecule is C=C1[C@H](O[Si](C)(C)C(C)(C)C)C[C@H](C(C)C)[C@@]1(C)CC[C@]1(C)CCCCC1=O. The van der Waals surface area contributed by atoms with Crippen LogP contribution in [0, 0.1) is 22.7 Å². The second-order valence-corrected chi connectivity index (χ2v) is 16.8. The quantitative estimate of drug-likeness (QED) is 0.336. The Kier molecular flexibility index (Phi) is 6.83. The van der Waals surface area contributed by atoms with Crippen LogP contribution in [-0.4, -0.2) is 20.2 Å². The van der Waals surface area contributed by atoms with E-state index in [4.69, 9.17) is 4.43 Å². The van der Waals surface area contributed by atoms with Crippen LogP contribution in [-0.2, 0) is 9.22 Å². The zero-order valence-corrected chi connectivity index (χ0v) is 21.2. The average Bonchev–Trinajstić information content (AvgIpc) is 2.80. The summed E-state index contributed by atoms with van der Waals surface area (Å²) in [6.45, 7) is 25.5. The summed E-state index contributed by atoms with van der Waals surface area (Å²) >= 11 is 0. The third-order valence-corrected chi connectivity index (χ3v) is 13.2. The van der Waals surface area contributed by atoms with Gasteiger partial charge in [-0.3, -0.25) is 4.79 Å². The maximum atomic E-state index is 12.6. The summed E-state index contributed by atoms with van der Waals surface area (Å²) in [5.74, 6) is 1.67. The van der Waals surface area contributed by atoms with Crippen molar-refractivity contribution in [1.82, 2.24) is 0 Å². The number of Topliss-reactive ketones (excluding diaryl/α,β-unsaturated/α-hetero) is 1. The molecular formula is C25H46O2Si. The van der Waals surface area contributed by atoms with Crippen LogP contribution in [0.1, 0.15) is 93.4 Å². The molecule has 0 radical (unpaired) electrons. The number of rotatable bonds is 6. The van der Waals surface area contributed by atoms with Crippen molar-refractivity contribution in [3.05, 3.63) is 12.2 Å². The van der Waals surface area contributed by atoms with Crippen LogP contribution in [0.15, 0.2) is 12.2 Å². The zero-order chi connectivity index (χ0) is 21.5. The van der Waals surface area contributed by atoms with E-state index in [1.54, 1.807) is 0 Å². The molecule has 0 aromatic rings. The van der Waals surface area contributed by atoms with E-state index in [1.165, 1.54) is 12.0 Å². The van der Waals surface area contributed by atoms with E-state index in [9.17, 15) is 4.79 Å². The van der Waals surface area contributed by atoms with Crippen LogP contribution < -0.4 is 0 Å². The van der Waals surface area contributed by atoms with Gasteiger partial charge in [0.1, 0.15) is 5.78 Å². The third kappa shape index (κ3) is 4.51. The molecule has 0 saturated heterocycles. The highest BCUT2D eigenvalue weighted by Gasteiger charge is 2.52. The van der Waals surface area contributed by atoms with Gasteiger partial charge in [-0.2, -0.15) is 0 Å². The molecule has 2 aliphatic carbocycles. The Morgan fingerprint density at radius 1 is 1.18 bits per heavy atom. The van der Waals surface area contributed by atoms with Crippen molar-refractivity contribution in [2.45, 2.75) is 118 Å². The first kappa shape index (κ1) is 23.9. The van der Waals surface area contributed by atoms with E-state index in [0.29, 0.717) is 17.6 Å². The van der Waals surface area contributed by atoms with Crippen LogP contribution in [0.25, 0.3) is 0 Å². The fourth-order valence-electron chi connectivity index (χ4n) is 5.29. The van der Waals surface area contributed by atoms with Gasteiger partial charge in [0.15, 0.2) is 8.32 Å². The first-order valence-electron chi connectivity index (χ1n) is 11.5. The Hall–Kier alpha value is -0.413. The number of hydrogen-bond acceptors (Lipinski definition) is 2. The minimum Gasteiger partial charge on any atom is -0.410 e. The molecule has 0 aromatic carbocycles. The summed E-state index contributed by atoms with van der Waals surface area (Å²) in [4.78, 5) is 12.6. The highest BCUT2D eigenvalue weighted by molar-refractivity contribution is 6.74. The summed E-state index contributed by atoms with van der Waals surface area (Å²) in [5.41, 5.74) is 1.24. The fraction of sp³-hybridized carbons (Fsp3) is 0.880. The van der Waals surface area contributed by atoms with Crippen molar-refractivity contribution < 1.29 is 9.22 Å². The van der Waals surface area contributed by atoms with Gasteiger partial charge < -0.3 is 4.43 Å². The molecule has 0 aromatic heterocycles. The van der Waals surface area contributed by atoms with E-state index in [-0.39, 0.29) is 22.0 Å². The maximum absolute atomic E-state index is 12.6. The Morgan fingerprint density at radius 2 is 1.79 bits per heavy atom. The molecule has 0 spiro atoms. The van der Waals surface area contributed by atoms with Gasteiger partial charge in [0.25, 0.3) is 0 Å².